The van der Waals surface area contributed by atoms with Crippen LogP contribution in [0.2, 0.25) is 0 Å². The van der Waals surface area contributed by atoms with E-state index in [9.17, 15) is 9.59 Å². The van der Waals surface area contributed by atoms with Crippen LogP contribution in [0.15, 0.2) is 42.5 Å². The van der Waals surface area contributed by atoms with Crippen molar-refractivity contribution >= 4 is 34.4 Å². The maximum absolute atomic E-state index is 13.3. The molecule has 1 fully saturated rings. The van der Waals surface area contributed by atoms with Crippen molar-refractivity contribution in [2.45, 2.75) is 44.6 Å². The first kappa shape index (κ1) is 23.9. The van der Waals surface area contributed by atoms with Crippen molar-refractivity contribution in [2.24, 2.45) is 0 Å². The van der Waals surface area contributed by atoms with Crippen LogP contribution < -0.4 is 14.8 Å². The second-order valence-electron chi connectivity index (χ2n) is 9.24. The lowest BCUT2D eigenvalue weighted by atomic mass is 10.0. The van der Waals surface area contributed by atoms with Crippen molar-refractivity contribution in [2.75, 3.05) is 20.8 Å². The van der Waals surface area contributed by atoms with E-state index in [2.05, 4.69) is 11.4 Å². The summed E-state index contributed by atoms with van der Waals surface area (Å²) in [5, 5.41) is 3.71. The molecule has 7 heteroatoms. The molecule has 186 valence electrons. The number of nitrogens with one attached hydrogen (secondary N) is 1. The zero-order valence-electron chi connectivity index (χ0n) is 20.6. The third-order valence-electron chi connectivity index (χ3n) is 6.95. The van der Waals surface area contributed by atoms with Gasteiger partial charge in [-0.25, -0.2) is 9.78 Å². The summed E-state index contributed by atoms with van der Waals surface area (Å²) in [7, 11) is 3.22. The SMILES string of the molecule is COc1ccc(C=C2CCc3c2nc2ccccc2c3C(=O)OCC(=O)NC2CCCC2)cc1OC. The molecule has 1 heterocycles. The predicted molar refractivity (Wildman–Crippen MR) is 138 cm³/mol. The number of methoxy groups -OCH3 is 2. The summed E-state index contributed by atoms with van der Waals surface area (Å²) in [4.78, 5) is 30.6. The Morgan fingerprint density at radius 2 is 1.81 bits per heavy atom. The minimum absolute atomic E-state index is 0.187. The molecule has 1 saturated carbocycles. The number of hydrogen-bond donors (Lipinski definition) is 1. The van der Waals surface area contributed by atoms with Gasteiger partial charge in [0, 0.05) is 11.4 Å². The van der Waals surface area contributed by atoms with Crippen molar-refractivity contribution in [3.63, 3.8) is 0 Å². The van der Waals surface area contributed by atoms with Gasteiger partial charge in [-0.3, -0.25) is 4.79 Å². The van der Waals surface area contributed by atoms with E-state index in [0.717, 1.165) is 65.4 Å². The number of allylic oxidation sites excluding steroid dienone is 1. The highest BCUT2D eigenvalue weighted by atomic mass is 16.5. The molecular weight excluding hydrogens is 456 g/mol. The highest BCUT2D eigenvalue weighted by molar-refractivity contribution is 6.07. The smallest absolute Gasteiger partial charge is 0.339 e. The standard InChI is InChI=1S/C29H30N2O5/c1-34-24-14-11-18(16-25(24)35-2)15-19-12-13-22-27(21-9-5-6-10-23(21)31-28(19)22)29(33)36-17-26(32)30-20-7-3-4-8-20/h5-6,9-11,14-16,20H,3-4,7-8,12-13,17H2,1-2H3,(H,30,32). The molecule has 2 aliphatic carbocycles. The first-order valence-corrected chi connectivity index (χ1v) is 12.4. The van der Waals surface area contributed by atoms with Crippen LogP contribution in [0.25, 0.3) is 22.6 Å². The monoisotopic (exact) mass is 486 g/mol. The molecule has 0 bridgehead atoms. The zero-order chi connectivity index (χ0) is 25.1. The van der Waals surface area contributed by atoms with E-state index in [-0.39, 0.29) is 18.6 Å². The number of hydrogen-bond acceptors (Lipinski definition) is 6. The van der Waals surface area contributed by atoms with Crippen LogP contribution in [-0.4, -0.2) is 43.7 Å². The summed E-state index contributed by atoms with van der Waals surface area (Å²) in [6.07, 6.45) is 7.70. The number of esters is 1. The third kappa shape index (κ3) is 4.78. The third-order valence-corrected chi connectivity index (χ3v) is 6.95. The normalized spacial score (nSPS) is 16.2. The summed E-state index contributed by atoms with van der Waals surface area (Å²) in [6.45, 7) is -0.283. The van der Waals surface area contributed by atoms with Crippen LogP contribution in [0.3, 0.4) is 0 Å². The highest BCUT2D eigenvalue weighted by Crippen LogP contribution is 2.38. The van der Waals surface area contributed by atoms with Crippen LogP contribution >= 0.6 is 0 Å². The molecule has 1 N–H and O–H groups in total. The Morgan fingerprint density at radius 1 is 1.03 bits per heavy atom. The minimum atomic E-state index is -0.487. The topological polar surface area (TPSA) is 86.8 Å². The number of carbonyl (C=O) groups is 2. The van der Waals surface area contributed by atoms with Crippen molar-refractivity contribution < 1.29 is 23.8 Å². The lowest BCUT2D eigenvalue weighted by Gasteiger charge is -2.14. The highest BCUT2D eigenvalue weighted by Gasteiger charge is 2.28. The Labute approximate surface area is 210 Å². The largest absolute Gasteiger partial charge is 0.493 e. The lowest BCUT2D eigenvalue weighted by Crippen LogP contribution is -2.36. The molecule has 5 rings (SSSR count). The first-order chi connectivity index (χ1) is 17.6. The van der Waals surface area contributed by atoms with Crippen LogP contribution in [0, 0.1) is 0 Å². The molecule has 0 unspecified atom stereocenters. The van der Waals surface area contributed by atoms with Crippen LogP contribution in [-0.2, 0) is 16.0 Å². The van der Waals surface area contributed by atoms with Gasteiger partial charge in [0.15, 0.2) is 18.1 Å². The molecule has 0 radical (unpaired) electrons. The van der Waals surface area contributed by atoms with Crippen molar-refractivity contribution in [1.82, 2.24) is 10.3 Å². The van der Waals surface area contributed by atoms with Crippen LogP contribution in [0.1, 0.15) is 59.3 Å². The van der Waals surface area contributed by atoms with Crippen molar-refractivity contribution in [1.29, 1.82) is 0 Å². The molecule has 1 amide bonds. The fraction of sp³-hybridized carbons (Fsp3) is 0.345. The quantitative estimate of drug-likeness (QED) is 0.476. The van der Waals surface area contributed by atoms with Gasteiger partial charge in [0.05, 0.1) is 31.0 Å². The second-order valence-corrected chi connectivity index (χ2v) is 9.24. The molecule has 3 aromatic rings. The molecule has 0 aliphatic heterocycles. The lowest BCUT2D eigenvalue weighted by molar-refractivity contribution is -0.124. The second kappa shape index (κ2) is 10.4. The van der Waals surface area contributed by atoms with E-state index in [1.54, 1.807) is 14.2 Å². The number of pyridine rings is 1. The summed E-state index contributed by atoms with van der Waals surface area (Å²) >= 11 is 0. The predicted octanol–water partition coefficient (Wildman–Crippen LogP) is 4.95. The Balaban J connectivity index is 1.45. The average Bonchev–Trinajstić information content (AvgIpc) is 3.55. The average molecular weight is 487 g/mol. The maximum Gasteiger partial charge on any atom is 0.339 e. The van der Waals surface area contributed by atoms with E-state index in [1.807, 2.05) is 42.5 Å². The van der Waals surface area contributed by atoms with Gasteiger partial charge >= 0.3 is 5.97 Å². The Hall–Kier alpha value is -3.87. The van der Waals surface area contributed by atoms with Crippen molar-refractivity contribution in [3.8, 4) is 11.5 Å². The Bertz CT molecular complexity index is 1340. The molecule has 7 nitrogen and oxygen atoms in total. The first-order valence-electron chi connectivity index (χ1n) is 12.4. The number of amides is 1. The number of fused-ring (bicyclic) bond motifs is 2. The number of aromatic nitrogens is 1. The number of nitrogens with zero attached hydrogens (tertiary/aromatic N) is 1. The number of benzene rings is 2. The number of carbonyl (C=O) groups excluding carboxylic acids is 2. The number of para-hydroxylation sites is 1. The van der Waals surface area contributed by atoms with Crippen molar-refractivity contribution in [3.05, 3.63) is 64.8 Å². The van der Waals surface area contributed by atoms with Gasteiger partial charge in [-0.1, -0.05) is 37.1 Å². The summed E-state index contributed by atoms with van der Waals surface area (Å²) in [6, 6.07) is 13.5. The molecule has 2 aromatic carbocycles. The van der Waals surface area contributed by atoms with Gasteiger partial charge in [-0.2, -0.15) is 0 Å². The fourth-order valence-electron chi connectivity index (χ4n) is 5.20. The van der Waals surface area contributed by atoms with E-state index >= 15 is 0 Å². The zero-order valence-corrected chi connectivity index (χ0v) is 20.6. The maximum atomic E-state index is 13.3. The van der Waals surface area contributed by atoms with E-state index < -0.39 is 5.97 Å². The Kier molecular flexibility index (Phi) is 6.89. The van der Waals surface area contributed by atoms with Gasteiger partial charge < -0.3 is 19.5 Å². The van der Waals surface area contributed by atoms with Gasteiger partial charge in [0.2, 0.25) is 0 Å². The molecule has 36 heavy (non-hydrogen) atoms. The molecule has 0 saturated heterocycles. The molecule has 1 aromatic heterocycles. The fourth-order valence-corrected chi connectivity index (χ4v) is 5.20. The molecule has 0 atom stereocenters. The molecule has 2 aliphatic rings. The van der Waals surface area contributed by atoms with Gasteiger partial charge in [0.1, 0.15) is 0 Å². The molecular formula is C29H30N2O5. The van der Waals surface area contributed by atoms with Gasteiger partial charge in [-0.05, 0) is 66.7 Å². The Morgan fingerprint density at radius 3 is 2.58 bits per heavy atom. The summed E-state index contributed by atoms with van der Waals surface area (Å²) < 4.78 is 16.3. The van der Waals surface area contributed by atoms with E-state index in [1.165, 1.54) is 0 Å². The van der Waals surface area contributed by atoms with E-state index in [0.29, 0.717) is 23.5 Å². The van der Waals surface area contributed by atoms with E-state index in [4.69, 9.17) is 19.2 Å². The summed E-state index contributed by atoms with van der Waals surface area (Å²) in [5.74, 6) is 0.576. The summed E-state index contributed by atoms with van der Waals surface area (Å²) in [5.41, 5.74) is 4.88. The number of rotatable bonds is 7. The van der Waals surface area contributed by atoms with Gasteiger partial charge in [-0.15, -0.1) is 0 Å². The van der Waals surface area contributed by atoms with Crippen LogP contribution in [0.5, 0.6) is 11.5 Å². The minimum Gasteiger partial charge on any atom is -0.493 e. The number of ether oxygens (including phenoxy) is 3. The van der Waals surface area contributed by atoms with Gasteiger partial charge in [0.25, 0.3) is 5.91 Å². The van der Waals surface area contributed by atoms with Crippen LogP contribution in [0.4, 0.5) is 0 Å². The molecule has 0 spiro atoms.